The van der Waals surface area contributed by atoms with Crippen LogP contribution in [0.2, 0.25) is 0 Å². The fraction of sp³-hybridized carbons (Fsp3) is 0.286. The van der Waals surface area contributed by atoms with Crippen molar-refractivity contribution in [1.29, 1.82) is 0 Å². The van der Waals surface area contributed by atoms with Crippen molar-refractivity contribution in [3.05, 3.63) is 60.0 Å². The van der Waals surface area contributed by atoms with Crippen LogP contribution in [0.25, 0.3) is 22.0 Å². The lowest BCUT2D eigenvalue weighted by atomic mass is 10.0. The second-order valence-electron chi connectivity index (χ2n) is 7.14. The Hall–Kier alpha value is -2.45. The number of H-pyrrole nitrogens is 1. The molecule has 2 heterocycles. The zero-order valence-corrected chi connectivity index (χ0v) is 16.5. The smallest absolute Gasteiger partial charge is 0.268 e. The number of rotatable bonds is 5. The van der Waals surface area contributed by atoms with Crippen LogP contribution in [0.3, 0.4) is 0 Å². The fourth-order valence-corrected chi connectivity index (χ4v) is 3.82. The number of aromatic amines is 1. The Morgan fingerprint density at radius 3 is 2.69 bits per heavy atom. The van der Waals surface area contributed by atoms with Crippen LogP contribution < -0.4 is 16.4 Å². The van der Waals surface area contributed by atoms with E-state index < -0.39 is 6.10 Å². The van der Waals surface area contributed by atoms with Gasteiger partial charge in [-0.1, -0.05) is 30.3 Å². The van der Waals surface area contributed by atoms with Crippen LogP contribution in [-0.2, 0) is 0 Å². The monoisotopic (exact) mass is 418 g/mol. The molecule has 29 heavy (non-hydrogen) atoms. The maximum atomic E-state index is 13.8. The van der Waals surface area contributed by atoms with E-state index in [1.54, 1.807) is 6.07 Å². The molecule has 6 N–H and O–H groups in total. The molecule has 0 unspecified atom stereocenters. The highest BCUT2D eigenvalue weighted by Gasteiger charge is 2.33. The average Bonchev–Trinajstić information content (AvgIpc) is 3.26. The third-order valence-electron chi connectivity index (χ3n) is 5.37. The van der Waals surface area contributed by atoms with Gasteiger partial charge in [0.05, 0.1) is 12.1 Å². The van der Waals surface area contributed by atoms with Crippen molar-refractivity contribution in [2.45, 2.75) is 12.1 Å². The molecular weight excluding hydrogens is 395 g/mol. The predicted octanol–water partition coefficient (Wildman–Crippen LogP) is 2.03. The van der Waals surface area contributed by atoms with Gasteiger partial charge in [0, 0.05) is 35.5 Å². The van der Waals surface area contributed by atoms with E-state index in [1.807, 2.05) is 30.3 Å². The third-order valence-corrected chi connectivity index (χ3v) is 5.37. The molecule has 4 rings (SSSR count). The number of amides is 1. The standard InChI is InChI=1S/C21H23FN4O2.ClH/c22-14-6-7-16-15(8-14)18(12-4-2-1-3-5-12)19(26-16)21(28)25-11-17-20(27)13(9-23)10-24-17;/h1-8,13,17,20,24,26-27H,9-11,23H2,(H,25,28);1H/t13-,17+,20-;/m0./s1. The van der Waals surface area contributed by atoms with Crippen LogP contribution >= 0.6 is 12.4 Å². The molecule has 1 aliphatic rings. The molecule has 0 radical (unpaired) electrons. The SMILES string of the molecule is Cl.NC[C@H]1CN[C@H](CNC(=O)c2[nH]c3ccc(F)cc3c2-c2ccccc2)[C@H]1O. The number of carbonyl (C=O) groups excluding carboxylic acids is 1. The second-order valence-corrected chi connectivity index (χ2v) is 7.14. The van der Waals surface area contributed by atoms with Crippen molar-refractivity contribution < 1.29 is 14.3 Å². The number of hydrogen-bond donors (Lipinski definition) is 5. The number of nitrogens with two attached hydrogens (primary N) is 1. The van der Waals surface area contributed by atoms with Crippen LogP contribution in [0.15, 0.2) is 48.5 Å². The minimum absolute atomic E-state index is 0. The number of halogens is 2. The van der Waals surface area contributed by atoms with Crippen molar-refractivity contribution in [2.75, 3.05) is 19.6 Å². The van der Waals surface area contributed by atoms with E-state index in [1.165, 1.54) is 12.1 Å². The second kappa shape index (κ2) is 8.92. The molecule has 1 aromatic heterocycles. The topological polar surface area (TPSA) is 103 Å². The molecule has 6 nitrogen and oxygen atoms in total. The van der Waals surface area contributed by atoms with Crippen LogP contribution in [0.5, 0.6) is 0 Å². The van der Waals surface area contributed by atoms with Crippen LogP contribution in [0.1, 0.15) is 10.5 Å². The molecule has 1 fully saturated rings. The van der Waals surface area contributed by atoms with Gasteiger partial charge in [-0.3, -0.25) is 4.79 Å². The van der Waals surface area contributed by atoms with Crippen molar-refractivity contribution >= 4 is 29.2 Å². The van der Waals surface area contributed by atoms with Crippen molar-refractivity contribution in [1.82, 2.24) is 15.6 Å². The van der Waals surface area contributed by atoms with E-state index in [4.69, 9.17) is 5.73 Å². The summed E-state index contributed by atoms with van der Waals surface area (Å²) in [7, 11) is 0. The number of benzene rings is 2. The van der Waals surface area contributed by atoms with Gasteiger partial charge in [-0.15, -0.1) is 12.4 Å². The molecular formula is C21H24ClFN4O2. The first-order valence-electron chi connectivity index (χ1n) is 9.35. The van der Waals surface area contributed by atoms with E-state index in [0.29, 0.717) is 35.2 Å². The maximum Gasteiger partial charge on any atom is 0.268 e. The van der Waals surface area contributed by atoms with Gasteiger partial charge in [0.1, 0.15) is 11.5 Å². The summed E-state index contributed by atoms with van der Waals surface area (Å²) in [6.07, 6.45) is -0.601. The van der Waals surface area contributed by atoms with E-state index in [0.717, 1.165) is 5.56 Å². The summed E-state index contributed by atoms with van der Waals surface area (Å²) in [6.45, 7) is 1.29. The van der Waals surface area contributed by atoms with Gasteiger partial charge < -0.3 is 26.5 Å². The molecule has 1 amide bonds. The van der Waals surface area contributed by atoms with Gasteiger partial charge in [-0.05, 0) is 30.3 Å². The molecule has 0 bridgehead atoms. The molecule has 0 spiro atoms. The van der Waals surface area contributed by atoms with Gasteiger partial charge >= 0.3 is 0 Å². The summed E-state index contributed by atoms with van der Waals surface area (Å²) >= 11 is 0. The van der Waals surface area contributed by atoms with E-state index in [2.05, 4.69) is 15.6 Å². The largest absolute Gasteiger partial charge is 0.391 e. The molecule has 8 heteroatoms. The van der Waals surface area contributed by atoms with E-state index >= 15 is 0 Å². The number of aliphatic hydroxyl groups excluding tert-OH is 1. The quantitative estimate of drug-likeness (QED) is 0.437. The van der Waals surface area contributed by atoms with Gasteiger partial charge in [0.25, 0.3) is 5.91 Å². The predicted molar refractivity (Wildman–Crippen MR) is 114 cm³/mol. The van der Waals surface area contributed by atoms with Gasteiger partial charge in [-0.25, -0.2) is 4.39 Å². The summed E-state index contributed by atoms with van der Waals surface area (Å²) in [5, 5.41) is 17.0. The summed E-state index contributed by atoms with van der Waals surface area (Å²) in [5.74, 6) is -0.680. The summed E-state index contributed by atoms with van der Waals surface area (Å²) in [5.41, 5.74) is 8.19. The highest BCUT2D eigenvalue weighted by molar-refractivity contribution is 6.09. The minimum Gasteiger partial charge on any atom is -0.391 e. The number of fused-ring (bicyclic) bond motifs is 1. The highest BCUT2D eigenvalue weighted by atomic mass is 35.5. The number of nitrogens with one attached hydrogen (secondary N) is 3. The van der Waals surface area contributed by atoms with Gasteiger partial charge in [0.15, 0.2) is 0 Å². The zero-order chi connectivity index (χ0) is 19.7. The summed E-state index contributed by atoms with van der Waals surface area (Å²) in [6, 6.07) is 13.6. The molecule has 1 aliphatic heterocycles. The Kier molecular flexibility index (Phi) is 6.54. The Morgan fingerprint density at radius 1 is 1.24 bits per heavy atom. The van der Waals surface area contributed by atoms with E-state index in [-0.39, 0.29) is 42.6 Å². The molecule has 2 aromatic carbocycles. The average molecular weight is 419 g/mol. The first-order valence-corrected chi connectivity index (χ1v) is 9.35. The molecule has 1 saturated heterocycles. The fourth-order valence-electron chi connectivity index (χ4n) is 3.82. The number of aliphatic hydroxyl groups is 1. The maximum absolute atomic E-state index is 13.8. The lowest BCUT2D eigenvalue weighted by Gasteiger charge is -2.18. The van der Waals surface area contributed by atoms with Crippen molar-refractivity contribution in [2.24, 2.45) is 11.7 Å². The third kappa shape index (κ3) is 4.13. The lowest BCUT2D eigenvalue weighted by Crippen LogP contribution is -2.43. The molecule has 0 aliphatic carbocycles. The van der Waals surface area contributed by atoms with E-state index in [9.17, 15) is 14.3 Å². The Morgan fingerprint density at radius 2 is 2.00 bits per heavy atom. The molecule has 3 aromatic rings. The molecule has 0 saturated carbocycles. The number of carbonyl (C=O) groups is 1. The molecule has 154 valence electrons. The Labute approximate surface area is 174 Å². The minimum atomic E-state index is -0.601. The Bertz CT molecular complexity index is 995. The lowest BCUT2D eigenvalue weighted by molar-refractivity contribution is 0.0916. The van der Waals surface area contributed by atoms with Gasteiger partial charge in [0.2, 0.25) is 0 Å². The van der Waals surface area contributed by atoms with Gasteiger partial charge in [-0.2, -0.15) is 0 Å². The highest BCUT2D eigenvalue weighted by Crippen LogP contribution is 2.33. The number of hydrogen-bond acceptors (Lipinski definition) is 4. The van der Waals surface area contributed by atoms with Crippen molar-refractivity contribution in [3.8, 4) is 11.1 Å². The van der Waals surface area contributed by atoms with Crippen LogP contribution in [-0.4, -0.2) is 47.8 Å². The normalized spacial score (nSPS) is 21.1. The zero-order valence-electron chi connectivity index (χ0n) is 15.7. The summed E-state index contributed by atoms with van der Waals surface area (Å²) < 4.78 is 13.8. The van der Waals surface area contributed by atoms with Crippen molar-refractivity contribution in [3.63, 3.8) is 0 Å². The summed E-state index contributed by atoms with van der Waals surface area (Å²) in [4.78, 5) is 16.1. The van der Waals surface area contributed by atoms with Crippen LogP contribution in [0, 0.1) is 11.7 Å². The van der Waals surface area contributed by atoms with Crippen LogP contribution in [0.4, 0.5) is 4.39 Å². The number of aromatic nitrogens is 1. The molecule has 3 atom stereocenters. The Balaban J connectivity index is 0.00000240. The first kappa shape index (κ1) is 21.3. The first-order chi connectivity index (χ1) is 13.6.